The molecule has 0 spiro atoms. The van der Waals surface area contributed by atoms with Crippen molar-refractivity contribution in [2.24, 2.45) is 5.92 Å². The van der Waals surface area contributed by atoms with E-state index in [0.29, 0.717) is 10.6 Å². The second-order valence-electron chi connectivity index (χ2n) is 6.42. The number of ether oxygens (including phenoxy) is 2. The van der Waals surface area contributed by atoms with Crippen molar-refractivity contribution in [2.45, 2.75) is 39.7 Å². The van der Waals surface area contributed by atoms with E-state index in [2.05, 4.69) is 9.72 Å². The van der Waals surface area contributed by atoms with Gasteiger partial charge in [0.1, 0.15) is 17.2 Å². The minimum absolute atomic E-state index is 0.0110. The van der Waals surface area contributed by atoms with E-state index < -0.39 is 29.2 Å². The summed E-state index contributed by atoms with van der Waals surface area (Å²) in [6.07, 6.45) is 2.85. The molecule has 1 aromatic heterocycles. The highest BCUT2D eigenvalue weighted by molar-refractivity contribution is 6.31. The first kappa shape index (κ1) is 20.8. The van der Waals surface area contributed by atoms with Gasteiger partial charge in [-0.05, 0) is 46.2 Å². The molecule has 7 heteroatoms. The highest BCUT2D eigenvalue weighted by atomic mass is 35.5. The van der Waals surface area contributed by atoms with E-state index in [1.54, 1.807) is 27.7 Å². The molecular formula is C18H22ClNO5. The highest BCUT2D eigenvalue weighted by Gasteiger charge is 2.32. The third-order valence-corrected chi connectivity index (χ3v) is 3.38. The maximum absolute atomic E-state index is 12.7. The van der Waals surface area contributed by atoms with E-state index in [1.807, 2.05) is 0 Å². The van der Waals surface area contributed by atoms with Gasteiger partial charge in [0.05, 0.1) is 7.11 Å². The maximum Gasteiger partial charge on any atom is 0.333 e. The molecule has 1 atom stereocenters. The van der Waals surface area contributed by atoms with Crippen LogP contribution in [0.1, 0.15) is 44.6 Å². The molecule has 1 rings (SSSR count). The fraction of sp³-hybridized carbons (Fsp3) is 0.444. The third kappa shape index (κ3) is 6.66. The van der Waals surface area contributed by atoms with Crippen LogP contribution in [-0.2, 0) is 19.1 Å². The third-order valence-electron chi connectivity index (χ3n) is 3.15. The Bertz CT molecular complexity index is 691. The number of Topliss-reactive ketones (excluding diaryl/α,β-unsaturated/α-hetero) is 1. The minimum atomic E-state index is -1.13. The zero-order valence-corrected chi connectivity index (χ0v) is 15.7. The molecule has 0 aliphatic heterocycles. The summed E-state index contributed by atoms with van der Waals surface area (Å²) >= 11 is 5.89. The Hall–Kier alpha value is -2.21. The van der Waals surface area contributed by atoms with E-state index in [-0.39, 0.29) is 12.1 Å². The molecule has 0 aromatic carbocycles. The maximum atomic E-state index is 12.7. The van der Waals surface area contributed by atoms with Gasteiger partial charge >= 0.3 is 11.9 Å². The van der Waals surface area contributed by atoms with Crippen LogP contribution in [0.4, 0.5) is 0 Å². The number of carbonyl (C=O) groups is 3. The Kier molecular flexibility index (Phi) is 7.30. The van der Waals surface area contributed by atoms with Crippen LogP contribution in [0.15, 0.2) is 30.0 Å². The molecule has 0 amide bonds. The monoisotopic (exact) mass is 367 g/mol. The molecule has 0 radical (unpaired) electrons. The fourth-order valence-corrected chi connectivity index (χ4v) is 2.10. The smallest absolute Gasteiger partial charge is 0.333 e. The highest BCUT2D eigenvalue weighted by Crippen LogP contribution is 2.20. The molecule has 0 aliphatic rings. The summed E-state index contributed by atoms with van der Waals surface area (Å²) in [5.41, 5.74) is -0.395. The Morgan fingerprint density at radius 1 is 1.32 bits per heavy atom. The molecule has 0 N–H and O–H groups in total. The van der Waals surface area contributed by atoms with Gasteiger partial charge in [-0.2, -0.15) is 0 Å². The van der Waals surface area contributed by atoms with Gasteiger partial charge in [0.15, 0.2) is 5.78 Å². The molecular weight excluding hydrogens is 346 g/mol. The summed E-state index contributed by atoms with van der Waals surface area (Å²) in [6.45, 7) is 6.67. The van der Waals surface area contributed by atoms with Crippen LogP contribution in [0, 0.1) is 5.92 Å². The average Bonchev–Trinajstić information content (AvgIpc) is 2.52. The first-order chi connectivity index (χ1) is 11.5. The van der Waals surface area contributed by atoms with Gasteiger partial charge in [0.2, 0.25) is 0 Å². The van der Waals surface area contributed by atoms with Crippen LogP contribution < -0.4 is 0 Å². The number of carbonyl (C=O) groups excluding carboxylic acids is 3. The summed E-state index contributed by atoms with van der Waals surface area (Å²) in [6, 6.07) is 2.92. The van der Waals surface area contributed by atoms with Crippen LogP contribution in [0.3, 0.4) is 0 Å². The topological polar surface area (TPSA) is 82.6 Å². The zero-order chi connectivity index (χ0) is 19.2. The van der Waals surface area contributed by atoms with Crippen LogP contribution in [0.25, 0.3) is 0 Å². The quantitative estimate of drug-likeness (QED) is 0.332. The fourth-order valence-electron chi connectivity index (χ4n) is 1.94. The van der Waals surface area contributed by atoms with Gasteiger partial charge in [0, 0.05) is 16.8 Å². The Labute approximate surface area is 152 Å². The Morgan fingerprint density at radius 3 is 2.48 bits per heavy atom. The van der Waals surface area contributed by atoms with Gasteiger partial charge in [-0.25, -0.2) is 4.79 Å². The molecule has 0 saturated carbocycles. The number of methoxy groups -OCH3 is 1. The van der Waals surface area contributed by atoms with Crippen molar-refractivity contribution >= 4 is 29.3 Å². The van der Waals surface area contributed by atoms with Crippen LogP contribution >= 0.6 is 11.6 Å². The van der Waals surface area contributed by atoms with Crippen molar-refractivity contribution in [1.29, 1.82) is 0 Å². The molecule has 1 heterocycles. The molecule has 0 saturated heterocycles. The second-order valence-corrected chi connectivity index (χ2v) is 6.86. The number of rotatable bonds is 6. The van der Waals surface area contributed by atoms with Gasteiger partial charge in [-0.1, -0.05) is 17.7 Å². The number of esters is 2. The molecule has 0 aliphatic carbocycles. The molecule has 0 fully saturated rings. The number of ketones is 1. The Morgan fingerprint density at radius 2 is 1.96 bits per heavy atom. The van der Waals surface area contributed by atoms with Gasteiger partial charge in [-0.15, -0.1) is 0 Å². The minimum Gasteiger partial charge on any atom is -0.466 e. The van der Waals surface area contributed by atoms with Crippen LogP contribution in [0.2, 0.25) is 5.02 Å². The van der Waals surface area contributed by atoms with Gasteiger partial charge in [0.25, 0.3) is 0 Å². The lowest BCUT2D eigenvalue weighted by Gasteiger charge is -2.23. The lowest BCUT2D eigenvalue weighted by molar-refractivity contribution is -0.158. The van der Waals surface area contributed by atoms with E-state index >= 15 is 0 Å². The number of aromatic nitrogens is 1. The van der Waals surface area contributed by atoms with E-state index in [4.69, 9.17) is 16.3 Å². The summed E-state index contributed by atoms with van der Waals surface area (Å²) in [4.78, 5) is 40.6. The molecule has 25 heavy (non-hydrogen) atoms. The number of hydrogen-bond acceptors (Lipinski definition) is 6. The number of nitrogens with zero attached hydrogens (tertiary/aromatic N) is 1. The van der Waals surface area contributed by atoms with Crippen LogP contribution in [0.5, 0.6) is 0 Å². The second kappa shape index (κ2) is 8.76. The first-order valence-corrected chi connectivity index (χ1v) is 8.06. The standard InChI is InChI=1S/C18H22ClNO5/c1-11(16(22)24-5)6-7-13(17(23)25-18(2,3)4)15(21)14-10-12(19)8-9-20-14/h6,8-10,13H,7H2,1-5H3/b11-6+. The number of pyridine rings is 1. The van der Waals surface area contributed by atoms with Crippen LogP contribution in [-0.4, -0.2) is 35.4 Å². The normalized spacial score (nSPS) is 13.1. The lowest BCUT2D eigenvalue weighted by atomic mass is 9.96. The SMILES string of the molecule is COC(=O)/C(C)=C/CC(C(=O)OC(C)(C)C)C(=O)c1cc(Cl)ccn1. The van der Waals surface area contributed by atoms with Crippen molar-refractivity contribution in [1.82, 2.24) is 4.98 Å². The predicted molar refractivity (Wildman–Crippen MR) is 93.3 cm³/mol. The number of allylic oxidation sites excluding steroid dienone is 1. The van der Waals surface area contributed by atoms with Crippen molar-refractivity contribution in [2.75, 3.05) is 7.11 Å². The van der Waals surface area contributed by atoms with Crippen molar-refractivity contribution < 1.29 is 23.9 Å². The average molecular weight is 368 g/mol. The summed E-state index contributed by atoms with van der Waals surface area (Å²) < 4.78 is 9.93. The summed E-state index contributed by atoms with van der Waals surface area (Å²) in [7, 11) is 1.26. The molecule has 6 nitrogen and oxygen atoms in total. The number of halogens is 1. The molecule has 1 unspecified atom stereocenters. The summed E-state index contributed by atoms with van der Waals surface area (Å²) in [5.74, 6) is -2.88. The number of hydrogen-bond donors (Lipinski definition) is 0. The first-order valence-electron chi connectivity index (χ1n) is 7.69. The zero-order valence-electron chi connectivity index (χ0n) is 15.0. The van der Waals surface area contributed by atoms with E-state index in [9.17, 15) is 14.4 Å². The molecule has 136 valence electrons. The lowest BCUT2D eigenvalue weighted by Crippen LogP contribution is -2.33. The summed E-state index contributed by atoms with van der Waals surface area (Å²) in [5, 5.41) is 0.336. The van der Waals surface area contributed by atoms with Crippen molar-refractivity contribution in [3.8, 4) is 0 Å². The van der Waals surface area contributed by atoms with Crippen molar-refractivity contribution in [3.63, 3.8) is 0 Å². The Balaban J connectivity index is 3.12. The largest absolute Gasteiger partial charge is 0.466 e. The molecule has 1 aromatic rings. The van der Waals surface area contributed by atoms with Crippen molar-refractivity contribution in [3.05, 3.63) is 40.7 Å². The molecule has 0 bridgehead atoms. The van der Waals surface area contributed by atoms with Gasteiger partial charge in [-0.3, -0.25) is 14.6 Å². The van der Waals surface area contributed by atoms with Gasteiger partial charge < -0.3 is 9.47 Å². The van der Waals surface area contributed by atoms with E-state index in [0.717, 1.165) is 0 Å². The van der Waals surface area contributed by atoms with E-state index in [1.165, 1.54) is 31.5 Å². The predicted octanol–water partition coefficient (Wildman–Crippen LogP) is 3.39.